The molecule has 5 heteroatoms. The van der Waals surface area contributed by atoms with Crippen molar-refractivity contribution in [3.63, 3.8) is 0 Å². The van der Waals surface area contributed by atoms with Crippen molar-refractivity contribution in [1.82, 2.24) is 10.2 Å². The molecule has 3 rings (SSSR count). The van der Waals surface area contributed by atoms with Crippen molar-refractivity contribution in [3.8, 4) is 0 Å². The zero-order chi connectivity index (χ0) is 16.2. The van der Waals surface area contributed by atoms with E-state index in [9.17, 15) is 4.39 Å². The van der Waals surface area contributed by atoms with Gasteiger partial charge in [-0.1, -0.05) is 12.1 Å². The summed E-state index contributed by atoms with van der Waals surface area (Å²) in [5.41, 5.74) is 1.01. The first kappa shape index (κ1) is 16.2. The van der Waals surface area contributed by atoms with E-state index in [2.05, 4.69) is 24.1 Å². The summed E-state index contributed by atoms with van der Waals surface area (Å²) in [6, 6.07) is 6.61. The van der Waals surface area contributed by atoms with Crippen LogP contribution in [0.4, 0.5) is 4.39 Å². The molecule has 0 bridgehead atoms. The number of halogens is 1. The molecular formula is C18H26FN3O. The number of hydrogen-bond donors (Lipinski definition) is 1. The maximum atomic E-state index is 13.1. The van der Waals surface area contributed by atoms with Crippen molar-refractivity contribution in [2.24, 2.45) is 10.9 Å². The molecule has 1 aliphatic heterocycles. The third kappa shape index (κ3) is 4.44. The summed E-state index contributed by atoms with van der Waals surface area (Å²) in [4.78, 5) is 7.06. The van der Waals surface area contributed by atoms with E-state index in [1.54, 1.807) is 0 Å². The SMILES string of the molecule is CCNC(=NCC1CC1)N1CC(C)OC(c2ccc(F)cc2)C1. The van der Waals surface area contributed by atoms with Gasteiger partial charge in [-0.25, -0.2) is 4.39 Å². The molecule has 1 N–H and O–H groups in total. The molecule has 2 aliphatic rings. The van der Waals surface area contributed by atoms with Crippen molar-refractivity contribution < 1.29 is 9.13 Å². The summed E-state index contributed by atoms with van der Waals surface area (Å²) in [5.74, 6) is 1.53. The van der Waals surface area contributed by atoms with Crippen LogP contribution in [0.15, 0.2) is 29.3 Å². The molecule has 0 spiro atoms. The fourth-order valence-corrected chi connectivity index (χ4v) is 2.93. The van der Waals surface area contributed by atoms with Crippen LogP contribution < -0.4 is 5.32 Å². The lowest BCUT2D eigenvalue weighted by Gasteiger charge is -2.38. The van der Waals surface area contributed by atoms with Crippen LogP contribution in [-0.2, 0) is 4.74 Å². The summed E-state index contributed by atoms with van der Waals surface area (Å²) in [6.45, 7) is 7.51. The predicted molar refractivity (Wildman–Crippen MR) is 90.0 cm³/mol. The van der Waals surface area contributed by atoms with Gasteiger partial charge in [-0.2, -0.15) is 0 Å². The average molecular weight is 319 g/mol. The summed E-state index contributed by atoms with van der Waals surface area (Å²) in [6.07, 6.45) is 2.68. The van der Waals surface area contributed by atoms with Gasteiger partial charge < -0.3 is 15.0 Å². The number of nitrogens with zero attached hydrogens (tertiary/aromatic N) is 2. The van der Waals surface area contributed by atoms with Gasteiger partial charge in [-0.15, -0.1) is 0 Å². The van der Waals surface area contributed by atoms with Crippen LogP contribution in [0, 0.1) is 11.7 Å². The second-order valence-electron chi connectivity index (χ2n) is 6.53. The minimum Gasteiger partial charge on any atom is -0.367 e. The van der Waals surface area contributed by atoms with Gasteiger partial charge in [0.2, 0.25) is 0 Å². The highest BCUT2D eigenvalue weighted by molar-refractivity contribution is 5.80. The van der Waals surface area contributed by atoms with E-state index in [0.717, 1.165) is 43.6 Å². The van der Waals surface area contributed by atoms with E-state index in [1.165, 1.54) is 25.0 Å². The Morgan fingerprint density at radius 3 is 2.70 bits per heavy atom. The second kappa shape index (κ2) is 7.30. The highest BCUT2D eigenvalue weighted by Gasteiger charge is 2.29. The number of ether oxygens (including phenoxy) is 1. The third-order valence-corrected chi connectivity index (χ3v) is 4.33. The smallest absolute Gasteiger partial charge is 0.194 e. The molecule has 1 heterocycles. The summed E-state index contributed by atoms with van der Waals surface area (Å²) < 4.78 is 19.2. The first-order valence-electron chi connectivity index (χ1n) is 8.60. The molecular weight excluding hydrogens is 293 g/mol. The molecule has 0 amide bonds. The number of rotatable bonds is 4. The number of hydrogen-bond acceptors (Lipinski definition) is 2. The van der Waals surface area contributed by atoms with Crippen molar-refractivity contribution in [2.75, 3.05) is 26.2 Å². The summed E-state index contributed by atoms with van der Waals surface area (Å²) in [5, 5.41) is 3.40. The predicted octanol–water partition coefficient (Wildman–Crippen LogP) is 2.96. The summed E-state index contributed by atoms with van der Waals surface area (Å²) >= 11 is 0. The van der Waals surface area contributed by atoms with E-state index in [1.807, 2.05) is 12.1 Å². The number of aliphatic imine (C=N–C) groups is 1. The van der Waals surface area contributed by atoms with Gasteiger partial charge in [-0.05, 0) is 50.3 Å². The van der Waals surface area contributed by atoms with Gasteiger partial charge in [0.15, 0.2) is 5.96 Å². The Morgan fingerprint density at radius 1 is 1.30 bits per heavy atom. The zero-order valence-corrected chi connectivity index (χ0v) is 14.0. The largest absolute Gasteiger partial charge is 0.367 e. The Morgan fingerprint density at radius 2 is 2.04 bits per heavy atom. The molecule has 2 unspecified atom stereocenters. The Kier molecular flexibility index (Phi) is 5.16. The van der Waals surface area contributed by atoms with E-state index >= 15 is 0 Å². The van der Waals surface area contributed by atoms with Crippen LogP contribution in [0.2, 0.25) is 0 Å². The third-order valence-electron chi connectivity index (χ3n) is 4.33. The zero-order valence-electron chi connectivity index (χ0n) is 14.0. The van der Waals surface area contributed by atoms with Gasteiger partial charge in [0.05, 0.1) is 12.6 Å². The average Bonchev–Trinajstić information content (AvgIpc) is 3.36. The molecule has 1 saturated heterocycles. The maximum absolute atomic E-state index is 13.1. The number of benzene rings is 1. The maximum Gasteiger partial charge on any atom is 0.194 e. The molecule has 0 radical (unpaired) electrons. The fraction of sp³-hybridized carbons (Fsp3) is 0.611. The first-order valence-corrected chi connectivity index (χ1v) is 8.60. The van der Waals surface area contributed by atoms with Crippen molar-refractivity contribution in [3.05, 3.63) is 35.6 Å². The van der Waals surface area contributed by atoms with Crippen LogP contribution in [0.5, 0.6) is 0 Å². The first-order chi connectivity index (χ1) is 11.2. The summed E-state index contributed by atoms with van der Waals surface area (Å²) in [7, 11) is 0. The number of guanidine groups is 1. The van der Waals surface area contributed by atoms with E-state index in [0.29, 0.717) is 0 Å². The topological polar surface area (TPSA) is 36.9 Å². The molecule has 1 aromatic carbocycles. The van der Waals surface area contributed by atoms with Gasteiger partial charge in [0, 0.05) is 19.6 Å². The van der Waals surface area contributed by atoms with E-state index in [4.69, 9.17) is 9.73 Å². The van der Waals surface area contributed by atoms with Crippen LogP contribution in [-0.4, -0.2) is 43.1 Å². The van der Waals surface area contributed by atoms with E-state index < -0.39 is 0 Å². The minimum absolute atomic E-state index is 0.0517. The van der Waals surface area contributed by atoms with Crippen molar-refractivity contribution >= 4 is 5.96 Å². The van der Waals surface area contributed by atoms with E-state index in [-0.39, 0.29) is 18.0 Å². The second-order valence-corrected chi connectivity index (χ2v) is 6.53. The fourth-order valence-electron chi connectivity index (χ4n) is 2.93. The molecule has 2 atom stereocenters. The Hall–Kier alpha value is -1.62. The molecule has 1 aromatic rings. The molecule has 23 heavy (non-hydrogen) atoms. The standard InChI is InChI=1S/C18H26FN3O/c1-3-20-18(21-10-14-4-5-14)22-11-13(2)23-17(12-22)15-6-8-16(19)9-7-15/h6-9,13-14,17H,3-5,10-12H2,1-2H3,(H,20,21). The van der Waals surface area contributed by atoms with Crippen LogP contribution in [0.3, 0.4) is 0 Å². The minimum atomic E-state index is -0.214. The van der Waals surface area contributed by atoms with Crippen LogP contribution in [0.25, 0.3) is 0 Å². The van der Waals surface area contributed by atoms with Gasteiger partial charge >= 0.3 is 0 Å². The quantitative estimate of drug-likeness (QED) is 0.685. The Balaban J connectivity index is 1.72. The highest BCUT2D eigenvalue weighted by Crippen LogP contribution is 2.29. The highest BCUT2D eigenvalue weighted by atomic mass is 19.1. The lowest BCUT2D eigenvalue weighted by atomic mass is 10.1. The molecule has 1 saturated carbocycles. The monoisotopic (exact) mass is 319 g/mol. The molecule has 4 nitrogen and oxygen atoms in total. The van der Waals surface area contributed by atoms with Gasteiger partial charge in [0.1, 0.15) is 11.9 Å². The lowest BCUT2D eigenvalue weighted by molar-refractivity contribution is -0.0605. The number of morpholine rings is 1. The van der Waals surface area contributed by atoms with Gasteiger partial charge in [0.25, 0.3) is 0 Å². The lowest BCUT2D eigenvalue weighted by Crippen LogP contribution is -2.50. The molecule has 126 valence electrons. The van der Waals surface area contributed by atoms with Crippen LogP contribution >= 0.6 is 0 Å². The van der Waals surface area contributed by atoms with Gasteiger partial charge in [-0.3, -0.25) is 4.99 Å². The van der Waals surface area contributed by atoms with Crippen molar-refractivity contribution in [1.29, 1.82) is 0 Å². The molecule has 0 aromatic heterocycles. The molecule has 1 aliphatic carbocycles. The molecule has 2 fully saturated rings. The Labute approximate surface area is 137 Å². The number of nitrogens with one attached hydrogen (secondary N) is 1. The Bertz CT molecular complexity index is 542. The van der Waals surface area contributed by atoms with Crippen LogP contribution in [0.1, 0.15) is 38.4 Å². The normalized spacial score (nSPS) is 25.5. The van der Waals surface area contributed by atoms with Crippen molar-refractivity contribution in [2.45, 2.75) is 38.9 Å².